The van der Waals surface area contributed by atoms with Crippen molar-refractivity contribution in [1.29, 1.82) is 0 Å². The predicted molar refractivity (Wildman–Crippen MR) is 77.5 cm³/mol. The zero-order valence-corrected chi connectivity index (χ0v) is 12.5. The molecule has 1 amide bonds. The summed E-state index contributed by atoms with van der Waals surface area (Å²) in [5.41, 5.74) is 5.55. The van der Waals surface area contributed by atoms with E-state index < -0.39 is 0 Å². The molecule has 0 aromatic rings. The molecule has 0 aromatic heterocycles. The van der Waals surface area contributed by atoms with Crippen LogP contribution in [-0.2, 0) is 4.79 Å². The topological polar surface area (TPSA) is 58.4 Å². The third kappa shape index (κ3) is 9.42. The highest BCUT2D eigenvalue weighted by molar-refractivity contribution is 5.76. The van der Waals surface area contributed by atoms with Gasteiger partial charge in [0.1, 0.15) is 0 Å². The molecule has 18 heavy (non-hydrogen) atoms. The van der Waals surface area contributed by atoms with Crippen molar-refractivity contribution in [2.75, 3.05) is 27.2 Å². The minimum absolute atomic E-state index is 0.178. The minimum Gasteiger partial charge on any atom is -0.354 e. The van der Waals surface area contributed by atoms with E-state index in [0.29, 0.717) is 12.3 Å². The molecule has 2 unspecified atom stereocenters. The Balaban J connectivity index is 3.75. The Morgan fingerprint density at radius 3 is 2.44 bits per heavy atom. The number of rotatable bonds is 10. The lowest BCUT2D eigenvalue weighted by atomic mass is 9.96. The van der Waals surface area contributed by atoms with Gasteiger partial charge in [0, 0.05) is 12.5 Å². The molecule has 0 aromatic carbocycles. The number of hydrogen-bond acceptors (Lipinski definition) is 3. The summed E-state index contributed by atoms with van der Waals surface area (Å²) in [5.74, 6) is 0.773. The van der Waals surface area contributed by atoms with Crippen LogP contribution in [0, 0.1) is 5.92 Å². The summed E-state index contributed by atoms with van der Waals surface area (Å²) >= 11 is 0. The van der Waals surface area contributed by atoms with E-state index in [1.165, 1.54) is 0 Å². The molecule has 3 N–H and O–H groups in total. The van der Waals surface area contributed by atoms with Crippen LogP contribution in [0.25, 0.3) is 0 Å². The average Bonchev–Trinajstić information content (AvgIpc) is 2.31. The summed E-state index contributed by atoms with van der Waals surface area (Å²) in [6.07, 6.45) is 4.73. The molecule has 0 spiro atoms. The van der Waals surface area contributed by atoms with Crippen LogP contribution in [0.15, 0.2) is 0 Å². The normalized spacial score (nSPS) is 14.6. The van der Waals surface area contributed by atoms with Crippen molar-refractivity contribution in [2.45, 2.75) is 52.0 Å². The lowest BCUT2D eigenvalue weighted by molar-refractivity contribution is -0.122. The second-order valence-corrected chi connectivity index (χ2v) is 5.45. The molecule has 108 valence electrons. The molecule has 2 atom stereocenters. The molecule has 0 aliphatic rings. The van der Waals surface area contributed by atoms with Gasteiger partial charge in [-0.3, -0.25) is 4.79 Å². The number of nitrogens with two attached hydrogens (primary N) is 1. The fourth-order valence-electron chi connectivity index (χ4n) is 1.99. The highest BCUT2D eigenvalue weighted by Gasteiger charge is 2.11. The minimum atomic E-state index is 0.178. The average molecular weight is 257 g/mol. The van der Waals surface area contributed by atoms with Gasteiger partial charge in [-0.15, -0.1) is 0 Å². The largest absolute Gasteiger partial charge is 0.354 e. The van der Waals surface area contributed by atoms with Gasteiger partial charge in [-0.1, -0.05) is 13.3 Å². The van der Waals surface area contributed by atoms with Gasteiger partial charge in [0.25, 0.3) is 0 Å². The quantitative estimate of drug-likeness (QED) is 0.625. The monoisotopic (exact) mass is 257 g/mol. The molecular formula is C14H31N3O. The zero-order chi connectivity index (χ0) is 14.0. The van der Waals surface area contributed by atoms with Crippen LogP contribution >= 0.6 is 0 Å². The van der Waals surface area contributed by atoms with E-state index in [4.69, 9.17) is 5.73 Å². The molecule has 0 aliphatic heterocycles. The van der Waals surface area contributed by atoms with E-state index in [-0.39, 0.29) is 11.9 Å². The van der Waals surface area contributed by atoms with E-state index in [0.717, 1.165) is 38.8 Å². The van der Waals surface area contributed by atoms with Crippen LogP contribution in [0.5, 0.6) is 0 Å². The van der Waals surface area contributed by atoms with Gasteiger partial charge < -0.3 is 16.0 Å². The number of carbonyl (C=O) groups is 1. The van der Waals surface area contributed by atoms with Gasteiger partial charge in [-0.05, 0) is 59.3 Å². The second kappa shape index (κ2) is 10.3. The Bertz CT molecular complexity index is 219. The summed E-state index contributed by atoms with van der Waals surface area (Å²) < 4.78 is 0. The Labute approximate surface area is 112 Å². The summed E-state index contributed by atoms with van der Waals surface area (Å²) in [4.78, 5) is 13.9. The van der Waals surface area contributed by atoms with Crippen molar-refractivity contribution in [3.05, 3.63) is 0 Å². The number of carbonyl (C=O) groups excluding carboxylic acids is 1. The maximum absolute atomic E-state index is 11.8. The third-order valence-corrected chi connectivity index (χ3v) is 3.35. The molecule has 0 rings (SSSR count). The molecule has 4 nitrogen and oxygen atoms in total. The Morgan fingerprint density at radius 2 is 1.94 bits per heavy atom. The highest BCUT2D eigenvalue weighted by atomic mass is 16.1. The van der Waals surface area contributed by atoms with Crippen LogP contribution in [0.4, 0.5) is 0 Å². The Kier molecular flexibility index (Phi) is 9.98. The van der Waals surface area contributed by atoms with Crippen LogP contribution in [0.2, 0.25) is 0 Å². The van der Waals surface area contributed by atoms with E-state index >= 15 is 0 Å². The van der Waals surface area contributed by atoms with E-state index in [1.807, 2.05) is 14.1 Å². The zero-order valence-electron chi connectivity index (χ0n) is 12.5. The van der Waals surface area contributed by atoms with E-state index in [9.17, 15) is 4.79 Å². The van der Waals surface area contributed by atoms with E-state index in [2.05, 4.69) is 24.1 Å². The second-order valence-electron chi connectivity index (χ2n) is 5.45. The summed E-state index contributed by atoms with van der Waals surface area (Å²) in [7, 11) is 4.10. The fourth-order valence-corrected chi connectivity index (χ4v) is 1.99. The summed E-state index contributed by atoms with van der Waals surface area (Å²) in [6, 6.07) is 0.259. The molecule has 0 radical (unpaired) electrons. The lowest BCUT2D eigenvalue weighted by Crippen LogP contribution is -2.34. The van der Waals surface area contributed by atoms with Crippen molar-refractivity contribution in [3.8, 4) is 0 Å². The Hall–Kier alpha value is -0.610. The first-order chi connectivity index (χ1) is 8.49. The third-order valence-electron chi connectivity index (χ3n) is 3.35. The molecule has 0 saturated carbocycles. The van der Waals surface area contributed by atoms with Crippen molar-refractivity contribution >= 4 is 5.91 Å². The molecule has 0 fully saturated rings. The van der Waals surface area contributed by atoms with Crippen molar-refractivity contribution in [1.82, 2.24) is 10.2 Å². The molecule has 0 saturated heterocycles. The van der Waals surface area contributed by atoms with Crippen LogP contribution in [-0.4, -0.2) is 44.0 Å². The molecule has 0 bridgehead atoms. The van der Waals surface area contributed by atoms with Crippen molar-refractivity contribution in [3.63, 3.8) is 0 Å². The molecule has 0 aliphatic carbocycles. The first-order valence-electron chi connectivity index (χ1n) is 7.13. The first-order valence-corrected chi connectivity index (χ1v) is 7.13. The summed E-state index contributed by atoms with van der Waals surface area (Å²) in [6.45, 7) is 5.96. The number of amides is 1. The molecule has 4 heteroatoms. The molecular weight excluding hydrogens is 226 g/mol. The van der Waals surface area contributed by atoms with Gasteiger partial charge in [-0.2, -0.15) is 0 Å². The van der Waals surface area contributed by atoms with Crippen molar-refractivity contribution < 1.29 is 4.79 Å². The number of nitrogens with one attached hydrogen (secondary N) is 1. The Morgan fingerprint density at radius 1 is 1.28 bits per heavy atom. The number of nitrogens with zero attached hydrogens (tertiary/aromatic N) is 1. The maximum atomic E-state index is 11.8. The predicted octanol–water partition coefficient (Wildman–Crippen LogP) is 1.60. The first kappa shape index (κ1) is 17.4. The van der Waals surface area contributed by atoms with Gasteiger partial charge in [0.2, 0.25) is 5.91 Å². The van der Waals surface area contributed by atoms with Crippen LogP contribution in [0.3, 0.4) is 0 Å². The molecule has 0 heterocycles. The summed E-state index contributed by atoms with van der Waals surface area (Å²) in [5, 5.41) is 3.06. The lowest BCUT2D eigenvalue weighted by Gasteiger charge is -2.18. The smallest absolute Gasteiger partial charge is 0.220 e. The van der Waals surface area contributed by atoms with Crippen LogP contribution in [0.1, 0.15) is 46.0 Å². The van der Waals surface area contributed by atoms with Gasteiger partial charge >= 0.3 is 0 Å². The van der Waals surface area contributed by atoms with Crippen LogP contribution < -0.4 is 11.1 Å². The fraction of sp³-hybridized carbons (Fsp3) is 0.929. The van der Waals surface area contributed by atoms with Gasteiger partial charge in [0.15, 0.2) is 0 Å². The SMILES string of the molecule is CCC(CCN)CCC(=O)NC(C)CCN(C)C. The number of hydrogen-bond donors (Lipinski definition) is 2. The van der Waals surface area contributed by atoms with Gasteiger partial charge in [0.05, 0.1) is 0 Å². The van der Waals surface area contributed by atoms with Gasteiger partial charge in [-0.25, -0.2) is 0 Å². The highest BCUT2D eigenvalue weighted by Crippen LogP contribution is 2.14. The maximum Gasteiger partial charge on any atom is 0.220 e. The standard InChI is InChI=1S/C14H31N3O/c1-5-13(8-10-15)6-7-14(18)16-12(2)9-11-17(3)4/h12-13H,5-11,15H2,1-4H3,(H,16,18). The van der Waals surface area contributed by atoms with Crippen molar-refractivity contribution in [2.24, 2.45) is 11.7 Å². The van der Waals surface area contributed by atoms with E-state index in [1.54, 1.807) is 0 Å².